The molecule has 108 valence electrons. The zero-order valence-electron chi connectivity index (χ0n) is 10.4. The Hall–Kier alpha value is -1.08. The molecule has 1 unspecified atom stereocenters. The maximum atomic E-state index is 12.4. The summed E-state index contributed by atoms with van der Waals surface area (Å²) in [6.07, 6.45) is -4.08. The zero-order valence-corrected chi connectivity index (χ0v) is 11.3. The molecular weight excluding hydrogens is 279 g/mol. The third-order valence-corrected chi connectivity index (χ3v) is 5.03. The molecule has 2 N–H and O–H groups in total. The lowest BCUT2D eigenvalue weighted by atomic mass is 10.1. The number of benzene rings is 1. The van der Waals surface area contributed by atoms with E-state index in [0.717, 1.165) is 12.1 Å². The van der Waals surface area contributed by atoms with Gasteiger partial charge in [-0.3, -0.25) is 0 Å². The lowest BCUT2D eigenvalue weighted by Gasteiger charge is -2.12. The molecule has 0 radical (unpaired) electrons. The van der Waals surface area contributed by atoms with Crippen molar-refractivity contribution in [3.63, 3.8) is 0 Å². The smallest absolute Gasteiger partial charge is 0.330 e. The van der Waals surface area contributed by atoms with E-state index >= 15 is 0 Å². The summed E-state index contributed by atoms with van der Waals surface area (Å²) in [5, 5.41) is -0.597. The molecule has 0 aromatic heterocycles. The largest absolute Gasteiger partial charge is 0.416 e. The van der Waals surface area contributed by atoms with E-state index < -0.39 is 26.8 Å². The predicted molar refractivity (Wildman–Crippen MR) is 67.2 cm³/mol. The molecule has 1 aromatic carbocycles. The van der Waals surface area contributed by atoms with E-state index in [0.29, 0.717) is 12.0 Å². The first-order valence-electron chi connectivity index (χ1n) is 5.74. The van der Waals surface area contributed by atoms with Crippen LogP contribution in [0.5, 0.6) is 0 Å². The Labute approximate surface area is 110 Å². The van der Waals surface area contributed by atoms with Crippen molar-refractivity contribution in [3.05, 3.63) is 35.4 Å². The molecule has 3 nitrogen and oxygen atoms in total. The van der Waals surface area contributed by atoms with Crippen LogP contribution in [0.3, 0.4) is 0 Å². The number of hydrogen-bond acceptors (Lipinski definition) is 3. The van der Waals surface area contributed by atoms with Crippen LogP contribution < -0.4 is 5.73 Å². The minimum Gasteiger partial charge on any atom is -0.330 e. The van der Waals surface area contributed by atoms with Gasteiger partial charge in [0.1, 0.15) is 0 Å². The Balaban J connectivity index is 2.84. The van der Waals surface area contributed by atoms with Crippen LogP contribution in [0.2, 0.25) is 0 Å². The zero-order chi connectivity index (χ0) is 14.7. The van der Waals surface area contributed by atoms with Gasteiger partial charge in [0, 0.05) is 0 Å². The number of hydrogen-bond donors (Lipinski definition) is 1. The molecule has 1 aromatic rings. The van der Waals surface area contributed by atoms with Crippen molar-refractivity contribution in [2.75, 3.05) is 6.54 Å². The molecule has 1 rings (SSSR count). The second-order valence-electron chi connectivity index (χ2n) is 4.39. The Morgan fingerprint density at radius 3 is 2.16 bits per heavy atom. The molecule has 0 saturated heterocycles. The van der Waals surface area contributed by atoms with Gasteiger partial charge < -0.3 is 5.73 Å². The standard InChI is InChI=1S/C12H16F3NO2S/c1-9(6-7-16)19(17,18)8-10-2-4-11(5-3-10)12(13,14)15/h2-5,9H,6-8,16H2,1H3. The molecule has 7 heteroatoms. The first-order chi connectivity index (χ1) is 8.66. The SMILES string of the molecule is CC(CCN)S(=O)(=O)Cc1ccc(C(F)(F)F)cc1. The topological polar surface area (TPSA) is 60.2 Å². The molecule has 0 aliphatic heterocycles. The molecular formula is C12H16F3NO2S. The van der Waals surface area contributed by atoms with Crippen molar-refractivity contribution < 1.29 is 21.6 Å². The fraction of sp³-hybridized carbons (Fsp3) is 0.500. The maximum absolute atomic E-state index is 12.4. The van der Waals surface area contributed by atoms with Gasteiger partial charge >= 0.3 is 6.18 Å². The number of halogens is 3. The minimum atomic E-state index is -4.41. The summed E-state index contributed by atoms with van der Waals surface area (Å²) in [7, 11) is -3.39. The Morgan fingerprint density at radius 1 is 1.21 bits per heavy atom. The lowest BCUT2D eigenvalue weighted by Crippen LogP contribution is -2.22. The second-order valence-corrected chi connectivity index (χ2v) is 6.81. The summed E-state index contributed by atoms with van der Waals surface area (Å²) in [5.74, 6) is -0.272. The van der Waals surface area contributed by atoms with Gasteiger partial charge in [-0.05, 0) is 37.6 Å². The van der Waals surface area contributed by atoms with Crippen molar-refractivity contribution in [3.8, 4) is 0 Å². The number of nitrogens with two attached hydrogens (primary N) is 1. The van der Waals surface area contributed by atoms with E-state index in [2.05, 4.69) is 0 Å². The van der Waals surface area contributed by atoms with Crippen molar-refractivity contribution >= 4 is 9.84 Å². The van der Waals surface area contributed by atoms with Crippen LogP contribution in [0, 0.1) is 0 Å². The number of rotatable bonds is 5. The summed E-state index contributed by atoms with van der Waals surface area (Å²) in [4.78, 5) is 0. The quantitative estimate of drug-likeness (QED) is 0.907. The van der Waals surface area contributed by atoms with Crippen LogP contribution in [0.1, 0.15) is 24.5 Å². The van der Waals surface area contributed by atoms with Gasteiger partial charge in [-0.15, -0.1) is 0 Å². The first-order valence-corrected chi connectivity index (χ1v) is 7.46. The van der Waals surface area contributed by atoms with Crippen LogP contribution in [0.15, 0.2) is 24.3 Å². The minimum absolute atomic E-state index is 0.257. The molecule has 0 aliphatic rings. The fourth-order valence-corrected chi connectivity index (χ4v) is 3.02. The van der Waals surface area contributed by atoms with Crippen LogP contribution >= 0.6 is 0 Å². The third kappa shape index (κ3) is 4.50. The van der Waals surface area contributed by atoms with Gasteiger partial charge in [0.25, 0.3) is 0 Å². The highest BCUT2D eigenvalue weighted by Gasteiger charge is 2.30. The van der Waals surface area contributed by atoms with E-state index in [1.54, 1.807) is 6.92 Å². The monoisotopic (exact) mass is 295 g/mol. The Bertz CT molecular complexity index is 509. The van der Waals surface area contributed by atoms with E-state index in [1.807, 2.05) is 0 Å². The highest BCUT2D eigenvalue weighted by atomic mass is 32.2. The summed E-state index contributed by atoms with van der Waals surface area (Å²) in [5.41, 5.74) is 4.85. The highest BCUT2D eigenvalue weighted by Crippen LogP contribution is 2.29. The van der Waals surface area contributed by atoms with E-state index in [4.69, 9.17) is 5.73 Å². The average molecular weight is 295 g/mol. The molecule has 0 heterocycles. The lowest BCUT2D eigenvalue weighted by molar-refractivity contribution is -0.137. The van der Waals surface area contributed by atoms with Crippen molar-refractivity contribution in [1.29, 1.82) is 0 Å². The van der Waals surface area contributed by atoms with Gasteiger partial charge in [0.05, 0.1) is 16.6 Å². The Kier molecular flexibility index (Phi) is 4.98. The van der Waals surface area contributed by atoms with Gasteiger partial charge in [0.15, 0.2) is 9.84 Å². The van der Waals surface area contributed by atoms with E-state index in [-0.39, 0.29) is 12.3 Å². The normalized spacial score (nSPS) is 14.4. The Morgan fingerprint density at radius 2 is 1.74 bits per heavy atom. The van der Waals surface area contributed by atoms with Gasteiger partial charge in [-0.2, -0.15) is 13.2 Å². The summed E-state index contributed by atoms with van der Waals surface area (Å²) in [6, 6.07) is 4.15. The number of alkyl halides is 3. The first kappa shape index (κ1) is 16.0. The summed E-state index contributed by atoms with van der Waals surface area (Å²) >= 11 is 0. The third-order valence-electron chi connectivity index (χ3n) is 2.84. The molecule has 0 fully saturated rings. The van der Waals surface area contributed by atoms with Crippen LogP contribution in [-0.2, 0) is 21.8 Å². The fourth-order valence-electron chi connectivity index (χ4n) is 1.58. The number of sulfone groups is 1. The van der Waals surface area contributed by atoms with Gasteiger partial charge in [-0.25, -0.2) is 8.42 Å². The van der Waals surface area contributed by atoms with E-state index in [9.17, 15) is 21.6 Å². The molecule has 0 spiro atoms. The van der Waals surface area contributed by atoms with Crippen molar-refractivity contribution in [1.82, 2.24) is 0 Å². The predicted octanol–water partition coefficient (Wildman–Crippen LogP) is 2.36. The molecule has 0 amide bonds. The molecule has 19 heavy (non-hydrogen) atoms. The summed E-state index contributed by atoms with van der Waals surface area (Å²) in [6.45, 7) is 1.81. The second kappa shape index (κ2) is 5.92. The van der Waals surface area contributed by atoms with E-state index in [1.165, 1.54) is 12.1 Å². The van der Waals surface area contributed by atoms with Crippen molar-refractivity contribution in [2.24, 2.45) is 5.73 Å². The van der Waals surface area contributed by atoms with Gasteiger partial charge in [-0.1, -0.05) is 12.1 Å². The van der Waals surface area contributed by atoms with Crippen molar-refractivity contribution in [2.45, 2.75) is 30.5 Å². The van der Waals surface area contributed by atoms with Gasteiger partial charge in [0.2, 0.25) is 0 Å². The molecule has 0 bridgehead atoms. The highest BCUT2D eigenvalue weighted by molar-refractivity contribution is 7.91. The molecule has 0 aliphatic carbocycles. The molecule has 1 atom stereocenters. The molecule has 0 saturated carbocycles. The average Bonchev–Trinajstić information content (AvgIpc) is 2.28. The maximum Gasteiger partial charge on any atom is 0.416 e. The summed E-state index contributed by atoms with van der Waals surface area (Å²) < 4.78 is 60.8. The van der Waals surface area contributed by atoms with Crippen LogP contribution in [0.4, 0.5) is 13.2 Å². The van der Waals surface area contributed by atoms with Crippen LogP contribution in [0.25, 0.3) is 0 Å². The van der Waals surface area contributed by atoms with Crippen LogP contribution in [-0.4, -0.2) is 20.2 Å².